The summed E-state index contributed by atoms with van der Waals surface area (Å²) in [6.45, 7) is 9.36. The molecule has 1 rings (SSSR count). The van der Waals surface area contributed by atoms with Crippen molar-refractivity contribution in [3.63, 3.8) is 0 Å². The van der Waals surface area contributed by atoms with Gasteiger partial charge in [0.2, 0.25) is 0 Å². The third-order valence-corrected chi connectivity index (χ3v) is 8.91. The van der Waals surface area contributed by atoms with Crippen molar-refractivity contribution in [2.75, 3.05) is 27.4 Å². The van der Waals surface area contributed by atoms with Gasteiger partial charge in [0.05, 0.1) is 18.1 Å². The van der Waals surface area contributed by atoms with Crippen molar-refractivity contribution >= 4 is 18.6 Å². The summed E-state index contributed by atoms with van der Waals surface area (Å²) in [6.07, 6.45) is 0.679. The highest BCUT2D eigenvalue weighted by Crippen LogP contribution is 2.61. The SMILES string of the molecule is CCOP(=O)(OCC)[C@@](C)(CCC(C)(OC)OC)NS(=O)c1ccc(C)cc1. The van der Waals surface area contributed by atoms with Gasteiger partial charge in [0.25, 0.3) is 0 Å². The van der Waals surface area contributed by atoms with Crippen molar-refractivity contribution in [3.8, 4) is 0 Å². The summed E-state index contributed by atoms with van der Waals surface area (Å²) in [5, 5.41) is -1.22. The molecule has 0 aliphatic carbocycles. The van der Waals surface area contributed by atoms with Crippen molar-refractivity contribution in [1.29, 1.82) is 0 Å². The van der Waals surface area contributed by atoms with E-state index in [0.717, 1.165) is 5.56 Å². The molecule has 0 bridgehead atoms. The summed E-state index contributed by atoms with van der Waals surface area (Å²) in [5.41, 5.74) is 1.06. The summed E-state index contributed by atoms with van der Waals surface area (Å²) in [6, 6.07) is 7.31. The van der Waals surface area contributed by atoms with Gasteiger partial charge in [-0.15, -0.1) is 0 Å². The van der Waals surface area contributed by atoms with Crippen LogP contribution in [0.25, 0.3) is 0 Å². The van der Waals surface area contributed by atoms with Crippen LogP contribution in [0.3, 0.4) is 0 Å². The Kier molecular flexibility index (Phi) is 9.97. The van der Waals surface area contributed by atoms with Gasteiger partial charge in [0.1, 0.15) is 16.3 Å². The number of ether oxygens (including phenoxy) is 2. The smallest absolute Gasteiger partial charge is 0.351 e. The van der Waals surface area contributed by atoms with E-state index in [1.807, 2.05) is 19.1 Å². The van der Waals surface area contributed by atoms with Crippen LogP contribution in [0.15, 0.2) is 29.2 Å². The highest BCUT2D eigenvalue weighted by Gasteiger charge is 2.49. The van der Waals surface area contributed by atoms with E-state index in [2.05, 4.69) is 4.72 Å². The van der Waals surface area contributed by atoms with Crippen molar-refractivity contribution in [2.45, 2.75) is 63.4 Å². The van der Waals surface area contributed by atoms with Crippen LogP contribution >= 0.6 is 7.60 Å². The first-order valence-corrected chi connectivity index (χ1v) is 12.0. The van der Waals surface area contributed by atoms with Crippen molar-refractivity contribution in [1.82, 2.24) is 4.72 Å². The van der Waals surface area contributed by atoms with Gasteiger partial charge in [-0.1, -0.05) is 17.7 Å². The minimum Gasteiger partial charge on any atom is -0.353 e. The molecule has 28 heavy (non-hydrogen) atoms. The predicted molar refractivity (Wildman–Crippen MR) is 112 cm³/mol. The molecule has 162 valence electrons. The molecule has 0 saturated heterocycles. The fourth-order valence-electron chi connectivity index (χ4n) is 2.58. The van der Waals surface area contributed by atoms with Crippen LogP contribution in [0.1, 0.15) is 46.1 Å². The Bertz CT molecular complexity index is 670. The van der Waals surface area contributed by atoms with Gasteiger partial charge in [0, 0.05) is 20.6 Å². The maximum atomic E-state index is 13.6. The third kappa shape index (κ3) is 6.46. The molecule has 0 aliphatic heterocycles. The van der Waals surface area contributed by atoms with Gasteiger partial charge >= 0.3 is 7.60 Å². The summed E-state index contributed by atoms with van der Waals surface area (Å²) in [7, 11) is -2.17. The Hall–Kier alpha value is -0.600. The quantitative estimate of drug-likeness (QED) is 0.366. The lowest BCUT2D eigenvalue weighted by Gasteiger charge is -2.38. The van der Waals surface area contributed by atoms with Gasteiger partial charge in [-0.25, -0.2) is 8.93 Å². The minimum atomic E-state index is -3.65. The number of benzene rings is 1. The van der Waals surface area contributed by atoms with Gasteiger partial charge in [-0.3, -0.25) is 4.57 Å². The van der Waals surface area contributed by atoms with Gasteiger partial charge < -0.3 is 18.5 Å². The Morgan fingerprint density at radius 3 is 1.93 bits per heavy atom. The highest BCUT2D eigenvalue weighted by molar-refractivity contribution is 7.83. The molecule has 1 aromatic rings. The average molecular weight is 436 g/mol. The molecule has 0 spiro atoms. The molecule has 0 heterocycles. The summed E-state index contributed by atoms with van der Waals surface area (Å²) in [4.78, 5) is 0.581. The minimum absolute atomic E-state index is 0.206. The number of nitrogens with one attached hydrogen (secondary N) is 1. The second kappa shape index (κ2) is 11.0. The molecule has 2 atom stereocenters. The van der Waals surface area contributed by atoms with E-state index in [4.69, 9.17) is 18.5 Å². The molecular weight excluding hydrogens is 401 g/mol. The molecule has 1 aromatic carbocycles. The van der Waals surface area contributed by atoms with Crippen molar-refractivity contribution < 1.29 is 27.3 Å². The number of hydrogen-bond donors (Lipinski definition) is 1. The van der Waals surface area contributed by atoms with E-state index in [-0.39, 0.29) is 13.2 Å². The van der Waals surface area contributed by atoms with E-state index in [9.17, 15) is 8.77 Å². The lowest BCUT2D eigenvalue weighted by atomic mass is 10.1. The fourth-order valence-corrected chi connectivity index (χ4v) is 5.99. The Balaban J connectivity index is 3.23. The van der Waals surface area contributed by atoms with Gasteiger partial charge in [0.15, 0.2) is 5.79 Å². The van der Waals surface area contributed by atoms with Gasteiger partial charge in [-0.2, -0.15) is 0 Å². The van der Waals surface area contributed by atoms with E-state index in [1.54, 1.807) is 54.0 Å². The number of hydrogen-bond acceptors (Lipinski definition) is 6. The largest absolute Gasteiger partial charge is 0.353 e. The fraction of sp³-hybridized carbons (Fsp3) is 0.684. The zero-order chi connectivity index (χ0) is 21.4. The average Bonchev–Trinajstić information content (AvgIpc) is 2.67. The topological polar surface area (TPSA) is 83.1 Å². The normalized spacial score (nSPS) is 16.0. The second-order valence-corrected chi connectivity index (χ2v) is 10.5. The molecule has 0 amide bonds. The molecule has 0 radical (unpaired) electrons. The second-order valence-electron chi connectivity index (χ2n) is 6.83. The Morgan fingerprint density at radius 1 is 1.00 bits per heavy atom. The van der Waals surface area contributed by atoms with Crippen LogP contribution in [0.4, 0.5) is 0 Å². The van der Waals surface area contributed by atoms with Crippen LogP contribution in [-0.4, -0.2) is 42.7 Å². The zero-order valence-corrected chi connectivity index (χ0v) is 19.7. The van der Waals surface area contributed by atoms with E-state index in [1.165, 1.54) is 0 Å². The standard InChI is InChI=1S/C19H34NO6PS/c1-8-25-27(21,26-9-2)18(4,14-15-19(5,23-6)24-7)20-28(22)17-12-10-16(3)11-13-17/h10-13,20H,8-9,14-15H2,1-7H3/t18-,28?/m0/s1. The first-order valence-electron chi connectivity index (χ1n) is 9.34. The number of methoxy groups -OCH3 is 2. The molecule has 0 saturated carbocycles. The Labute approximate surface area is 171 Å². The summed E-state index contributed by atoms with van der Waals surface area (Å²) >= 11 is 0. The van der Waals surface area contributed by atoms with E-state index in [0.29, 0.717) is 17.7 Å². The molecule has 0 aliphatic rings. The van der Waals surface area contributed by atoms with Crippen molar-refractivity contribution in [2.24, 2.45) is 0 Å². The molecule has 1 unspecified atom stereocenters. The molecule has 7 nitrogen and oxygen atoms in total. The van der Waals surface area contributed by atoms with Crippen LogP contribution in [0.5, 0.6) is 0 Å². The predicted octanol–water partition coefficient (Wildman–Crippen LogP) is 4.38. The summed E-state index contributed by atoms with van der Waals surface area (Å²) < 4.78 is 51.6. The lowest BCUT2D eigenvalue weighted by Crippen LogP contribution is -2.46. The molecule has 1 N–H and O–H groups in total. The maximum Gasteiger partial charge on any atom is 0.351 e. The lowest BCUT2D eigenvalue weighted by molar-refractivity contribution is -0.198. The van der Waals surface area contributed by atoms with Crippen LogP contribution in [0, 0.1) is 6.92 Å². The first kappa shape index (κ1) is 25.4. The van der Waals surface area contributed by atoms with E-state index < -0.39 is 29.6 Å². The molecular formula is C19H34NO6PS. The van der Waals surface area contributed by atoms with Crippen LogP contribution in [0.2, 0.25) is 0 Å². The highest BCUT2D eigenvalue weighted by atomic mass is 32.2. The van der Waals surface area contributed by atoms with Crippen LogP contribution in [-0.2, 0) is 34.1 Å². The molecule has 9 heteroatoms. The maximum absolute atomic E-state index is 13.6. The van der Waals surface area contributed by atoms with E-state index >= 15 is 0 Å². The first-order chi connectivity index (χ1) is 13.1. The monoisotopic (exact) mass is 435 g/mol. The molecule has 0 aromatic heterocycles. The summed E-state index contributed by atoms with van der Waals surface area (Å²) in [5.74, 6) is -0.877. The van der Waals surface area contributed by atoms with Crippen LogP contribution < -0.4 is 4.72 Å². The van der Waals surface area contributed by atoms with Crippen molar-refractivity contribution in [3.05, 3.63) is 29.8 Å². The zero-order valence-electron chi connectivity index (χ0n) is 17.9. The molecule has 0 fully saturated rings. The third-order valence-electron chi connectivity index (χ3n) is 4.68. The number of aryl methyl sites for hydroxylation is 1. The Morgan fingerprint density at radius 2 is 1.50 bits per heavy atom. The van der Waals surface area contributed by atoms with Gasteiger partial charge in [-0.05, 0) is 53.2 Å². The number of rotatable bonds is 13.